The highest BCUT2D eigenvalue weighted by Gasteiger charge is 2.38. The fraction of sp³-hybridized carbons (Fsp3) is 0.508. The van der Waals surface area contributed by atoms with Gasteiger partial charge in [0.25, 0.3) is 0 Å². The summed E-state index contributed by atoms with van der Waals surface area (Å²) in [4.78, 5) is 47.7. The van der Waals surface area contributed by atoms with Crippen LogP contribution in [0.4, 0.5) is 13.6 Å². The Bertz CT molecular complexity index is 2820. The van der Waals surface area contributed by atoms with E-state index in [4.69, 9.17) is 20.4 Å². The van der Waals surface area contributed by atoms with Gasteiger partial charge in [0, 0.05) is 39.2 Å². The lowest BCUT2D eigenvalue weighted by Gasteiger charge is -2.33. The van der Waals surface area contributed by atoms with Crippen molar-refractivity contribution in [1.29, 1.82) is 0 Å². The van der Waals surface area contributed by atoms with Crippen LogP contribution in [-0.2, 0) is 14.3 Å². The molecule has 4 fully saturated rings. The Morgan fingerprint density at radius 1 is 0.697 bits per heavy atom. The van der Waals surface area contributed by atoms with E-state index in [1.165, 1.54) is 18.6 Å². The summed E-state index contributed by atoms with van der Waals surface area (Å²) in [5, 5.41) is 43.4. The molecular formula is C59H82F2N6O7S2. The molecule has 4 aromatic carbocycles. The van der Waals surface area contributed by atoms with Crippen molar-refractivity contribution in [2.24, 2.45) is 17.6 Å². The number of halogens is 2. The maximum Gasteiger partial charge on any atom is 0.408 e. The van der Waals surface area contributed by atoms with E-state index in [2.05, 4.69) is 16.0 Å². The number of hydrogen-bond acceptors (Lipinski definition) is 12. The summed E-state index contributed by atoms with van der Waals surface area (Å²) in [6.07, 6.45) is 8.19. The molecule has 2 saturated carbocycles. The predicted molar refractivity (Wildman–Crippen MR) is 305 cm³/mol. The number of hydrogen-bond donors (Lipinski definition) is 6. The molecule has 6 aromatic rings. The Morgan fingerprint density at radius 2 is 1.18 bits per heavy atom. The number of rotatable bonds is 9. The van der Waals surface area contributed by atoms with E-state index in [-0.39, 0.29) is 77.3 Å². The number of nitrogens with zero attached hydrogens (tertiary/aromatic N) is 3. The fourth-order valence-corrected chi connectivity index (χ4v) is 12.3. The number of aliphatic carboxylic acids is 1. The quantitative estimate of drug-likeness (QED) is 0.0805. The number of aliphatic hydroxyl groups is 2. The van der Waals surface area contributed by atoms with E-state index < -0.39 is 29.7 Å². The van der Waals surface area contributed by atoms with Gasteiger partial charge >= 0.3 is 12.1 Å². The zero-order valence-electron chi connectivity index (χ0n) is 41.1. The molecule has 17 heteroatoms. The van der Waals surface area contributed by atoms with Gasteiger partial charge in [-0.1, -0.05) is 78.2 Å². The second-order valence-corrected chi connectivity index (χ2v) is 22.2. The standard InChI is InChI=1S/C25H28FN3O2S.C17H15FN2S.C13H23NO5.4CH4/c26-20-12-11-19(17-4-1-2-5-18(17)20)21-14-32-24(28-21)22-6-3-13-29(22)25(31)23(27)15-7-9-16(30)10-8-15;18-14-8-7-13(11-4-1-2-5-12(11)14)16-10-21-17(20-16)15-6-3-9-19-15;1-13(2,3)19-12(18)14-10(11(16)17)8-4-6-9(15)7-5-8;;;;/h1-2,4-5,11-12,14-16,22-23,30H,3,6-10,13,27H2;1-2,4-5,7-8,10,15,19H,3,6,9H2;8-10,15H,4-7H2,1-3H3,(H,14,18)(H,16,17);4*1H4/t15?,16?,22-,23-;15-;8?,9?,10-;;;;/m000..../s1. The minimum absolute atomic E-state index is 0. The van der Waals surface area contributed by atoms with E-state index in [0.717, 1.165) is 94.8 Å². The van der Waals surface area contributed by atoms with Crippen LogP contribution < -0.4 is 16.4 Å². The highest BCUT2D eigenvalue weighted by Crippen LogP contribution is 2.39. The second kappa shape index (κ2) is 28.3. The van der Waals surface area contributed by atoms with Crippen molar-refractivity contribution >= 4 is 62.2 Å². The molecule has 2 saturated heterocycles. The highest BCUT2D eigenvalue weighted by atomic mass is 32.1. The minimum Gasteiger partial charge on any atom is -0.480 e. The first-order valence-electron chi connectivity index (χ1n) is 25.2. The number of carbonyl (C=O) groups is 3. The van der Waals surface area contributed by atoms with Gasteiger partial charge in [0.1, 0.15) is 33.3 Å². The van der Waals surface area contributed by atoms with Crippen molar-refractivity contribution in [2.75, 3.05) is 13.1 Å². The zero-order chi connectivity index (χ0) is 51.1. The molecule has 416 valence electrons. The van der Waals surface area contributed by atoms with Crippen LogP contribution in [0.5, 0.6) is 0 Å². The van der Waals surface area contributed by atoms with Crippen LogP contribution >= 0.6 is 22.7 Å². The molecule has 0 unspecified atom stereocenters. The van der Waals surface area contributed by atoms with Gasteiger partial charge < -0.3 is 41.3 Å². The summed E-state index contributed by atoms with van der Waals surface area (Å²) in [5.74, 6) is -1.51. The molecule has 4 heterocycles. The van der Waals surface area contributed by atoms with Gasteiger partial charge in [0.15, 0.2) is 0 Å². The van der Waals surface area contributed by atoms with Gasteiger partial charge in [-0.3, -0.25) is 4.79 Å². The molecule has 0 radical (unpaired) electrons. The molecule has 10 rings (SSSR count). The Hall–Kier alpha value is -5.43. The van der Waals surface area contributed by atoms with Crippen LogP contribution in [0.1, 0.15) is 150 Å². The molecule has 2 aromatic heterocycles. The van der Waals surface area contributed by atoms with E-state index in [1.54, 1.807) is 55.6 Å². The lowest BCUT2D eigenvalue weighted by molar-refractivity contribution is -0.141. The zero-order valence-corrected chi connectivity index (χ0v) is 42.7. The third-order valence-corrected chi connectivity index (χ3v) is 16.1. The molecule has 2 aliphatic heterocycles. The fourth-order valence-electron chi connectivity index (χ4n) is 10.4. The van der Waals surface area contributed by atoms with Crippen LogP contribution in [-0.4, -0.2) is 91.1 Å². The number of thiazole rings is 2. The number of ether oxygens (including phenoxy) is 1. The van der Waals surface area contributed by atoms with Crippen molar-refractivity contribution < 1.29 is 43.2 Å². The van der Waals surface area contributed by atoms with Crippen LogP contribution in [0.25, 0.3) is 44.1 Å². The maximum absolute atomic E-state index is 14.2. The SMILES string of the molecule is C.C.C.C.CC(C)(C)OC(=O)N[C@H](C(=O)O)C1CCC(O)CC1.Fc1ccc(-c2csc([C@@H]3CCCN3)n2)c2ccccc12.N[C@H](C(=O)N1CCC[C@H]1c1nc(-c2ccc(F)c3ccccc23)cs1)C1CCC(O)CC1. The topological polar surface area (TPSA) is 200 Å². The second-order valence-electron chi connectivity index (χ2n) is 20.4. The number of carboxylic acids is 1. The van der Waals surface area contributed by atoms with Crippen LogP contribution in [0.3, 0.4) is 0 Å². The van der Waals surface area contributed by atoms with Gasteiger partial charge in [-0.15, -0.1) is 22.7 Å². The molecule has 2 aliphatic carbocycles. The normalized spacial score (nSPS) is 21.9. The lowest BCUT2D eigenvalue weighted by Crippen LogP contribution is -2.48. The smallest absolute Gasteiger partial charge is 0.408 e. The van der Waals surface area contributed by atoms with Gasteiger partial charge in [-0.2, -0.15) is 0 Å². The first-order chi connectivity index (χ1) is 34.5. The number of benzene rings is 4. The summed E-state index contributed by atoms with van der Waals surface area (Å²) >= 11 is 3.24. The lowest BCUT2D eigenvalue weighted by atomic mass is 9.82. The molecule has 2 amide bonds. The van der Waals surface area contributed by atoms with Gasteiger partial charge in [0.2, 0.25) is 5.91 Å². The summed E-state index contributed by atoms with van der Waals surface area (Å²) in [5.41, 5.74) is 9.41. The first-order valence-corrected chi connectivity index (χ1v) is 26.9. The van der Waals surface area contributed by atoms with Crippen LogP contribution in [0, 0.1) is 23.5 Å². The average molecular weight is 1090 g/mol. The van der Waals surface area contributed by atoms with Crippen molar-refractivity contribution in [2.45, 2.75) is 170 Å². The molecular weight excluding hydrogens is 1010 g/mol. The summed E-state index contributed by atoms with van der Waals surface area (Å²) in [6, 6.07) is 20.5. The highest BCUT2D eigenvalue weighted by molar-refractivity contribution is 7.10. The number of aliphatic hydroxyl groups excluding tert-OH is 2. The molecule has 4 atom stereocenters. The maximum atomic E-state index is 14.2. The van der Waals surface area contributed by atoms with E-state index in [9.17, 15) is 38.5 Å². The molecule has 0 bridgehead atoms. The van der Waals surface area contributed by atoms with Crippen molar-refractivity contribution in [1.82, 2.24) is 25.5 Å². The average Bonchev–Trinajstić information content (AvgIpc) is 4.23. The largest absolute Gasteiger partial charge is 0.480 e. The number of nitrogens with one attached hydrogen (secondary N) is 2. The summed E-state index contributed by atoms with van der Waals surface area (Å²) < 4.78 is 33.2. The molecule has 76 heavy (non-hydrogen) atoms. The Kier molecular flexibility index (Phi) is 23.5. The monoisotopic (exact) mass is 1090 g/mol. The molecule has 0 spiro atoms. The Balaban J connectivity index is 0.000000251. The first kappa shape index (κ1) is 63.1. The summed E-state index contributed by atoms with van der Waals surface area (Å²) in [6.45, 7) is 6.93. The van der Waals surface area contributed by atoms with E-state index in [0.29, 0.717) is 49.0 Å². The third-order valence-electron chi connectivity index (χ3n) is 14.2. The molecule has 7 N–H and O–H groups in total. The van der Waals surface area contributed by atoms with Gasteiger partial charge in [-0.05, 0) is 151 Å². The summed E-state index contributed by atoms with van der Waals surface area (Å²) in [7, 11) is 0. The Morgan fingerprint density at radius 3 is 1.67 bits per heavy atom. The van der Waals surface area contributed by atoms with Gasteiger partial charge in [-0.25, -0.2) is 28.3 Å². The number of carboxylic acid groups (broad SMARTS) is 1. The van der Waals surface area contributed by atoms with Crippen LogP contribution in [0.15, 0.2) is 83.6 Å². The third kappa shape index (κ3) is 15.4. The van der Waals surface area contributed by atoms with Crippen molar-refractivity contribution in [3.8, 4) is 22.5 Å². The number of nitrogens with two attached hydrogens (primary N) is 1. The van der Waals surface area contributed by atoms with Crippen LogP contribution in [0.2, 0.25) is 0 Å². The minimum atomic E-state index is -1.06. The number of carbonyl (C=O) groups excluding carboxylic acids is 2. The Labute approximate surface area is 456 Å². The molecule has 4 aliphatic rings. The number of likely N-dealkylation sites (tertiary alicyclic amines) is 1. The molecule has 13 nitrogen and oxygen atoms in total. The van der Waals surface area contributed by atoms with E-state index in [1.807, 2.05) is 58.8 Å². The number of fused-ring (bicyclic) bond motifs is 2. The number of amides is 2. The van der Waals surface area contributed by atoms with Crippen molar-refractivity contribution in [3.05, 3.63) is 105 Å². The van der Waals surface area contributed by atoms with Crippen molar-refractivity contribution in [3.63, 3.8) is 0 Å². The van der Waals surface area contributed by atoms with Gasteiger partial charge in [0.05, 0.1) is 41.7 Å². The predicted octanol–water partition coefficient (Wildman–Crippen LogP) is 13.2. The number of alkyl carbamates (subject to hydrolysis) is 1. The van der Waals surface area contributed by atoms with E-state index >= 15 is 0 Å². The number of aromatic nitrogens is 2.